The minimum Gasteiger partial charge on any atom is -0.467 e. The molecule has 1 atom stereocenters. The number of aliphatic hydroxyl groups is 1. The molecule has 3 nitrogen and oxygen atoms in total. The van der Waals surface area contributed by atoms with Crippen molar-refractivity contribution in [2.45, 2.75) is 11.0 Å². The maximum Gasteiger partial charge on any atom is 0.339 e. The van der Waals surface area contributed by atoms with Crippen LogP contribution in [-0.4, -0.2) is 24.4 Å². The average Bonchev–Trinajstić information content (AvgIpc) is 2.26. The number of rotatable bonds is 3. The zero-order valence-electron chi connectivity index (χ0n) is 8.36. The predicted molar refractivity (Wildman–Crippen MR) is 62.9 cm³/mol. The topological polar surface area (TPSA) is 46.5 Å². The number of carbonyl (C=O) groups is 1. The fraction of sp³-hybridized carbons (Fsp3) is 0.300. The molecule has 0 radical (unpaired) electrons. The minimum absolute atomic E-state index is 0.520. The van der Waals surface area contributed by atoms with Crippen LogP contribution in [0.3, 0.4) is 0 Å². The maximum atomic E-state index is 11.1. The largest absolute Gasteiger partial charge is 0.467 e. The molecule has 0 aliphatic heterocycles. The van der Waals surface area contributed by atoms with E-state index < -0.39 is 12.1 Å². The number of benzene rings is 1. The summed E-state index contributed by atoms with van der Waals surface area (Å²) in [5, 5.41) is 9.57. The summed E-state index contributed by atoms with van der Waals surface area (Å²) in [5.41, 5.74) is 0.520. The number of thioether (sulfide) groups is 1. The van der Waals surface area contributed by atoms with Crippen molar-refractivity contribution in [3.8, 4) is 0 Å². The number of hydrogen-bond donors (Lipinski definition) is 1. The Morgan fingerprint density at radius 2 is 2.27 bits per heavy atom. The second kappa shape index (κ2) is 5.53. The van der Waals surface area contributed by atoms with E-state index in [1.54, 1.807) is 23.9 Å². The van der Waals surface area contributed by atoms with Crippen LogP contribution in [0.15, 0.2) is 27.6 Å². The van der Waals surface area contributed by atoms with Gasteiger partial charge in [0.05, 0.1) is 7.11 Å². The molecule has 1 aromatic rings. The van der Waals surface area contributed by atoms with E-state index in [1.807, 2.05) is 12.3 Å². The molecule has 0 bridgehead atoms. The number of hydrogen-bond acceptors (Lipinski definition) is 4. The van der Waals surface area contributed by atoms with Gasteiger partial charge in [-0.25, -0.2) is 4.79 Å². The summed E-state index contributed by atoms with van der Waals surface area (Å²) >= 11 is 4.95. The lowest BCUT2D eigenvalue weighted by Gasteiger charge is -2.10. The van der Waals surface area contributed by atoms with Crippen LogP contribution in [0.4, 0.5) is 0 Å². The van der Waals surface area contributed by atoms with Crippen LogP contribution in [0.25, 0.3) is 0 Å². The van der Waals surface area contributed by atoms with E-state index in [9.17, 15) is 9.90 Å². The quantitative estimate of drug-likeness (QED) is 0.686. The van der Waals surface area contributed by atoms with Crippen molar-refractivity contribution in [1.29, 1.82) is 0 Å². The average molecular weight is 291 g/mol. The summed E-state index contributed by atoms with van der Waals surface area (Å²) in [7, 11) is 1.25. The lowest BCUT2D eigenvalue weighted by atomic mass is 10.1. The Hall–Kier alpha value is -0.520. The van der Waals surface area contributed by atoms with Gasteiger partial charge in [-0.2, -0.15) is 0 Å². The smallest absolute Gasteiger partial charge is 0.339 e. The second-order valence-electron chi connectivity index (χ2n) is 2.82. The van der Waals surface area contributed by atoms with Crippen molar-refractivity contribution in [1.82, 2.24) is 0 Å². The molecule has 0 aromatic heterocycles. The van der Waals surface area contributed by atoms with Crippen LogP contribution >= 0.6 is 27.7 Å². The summed E-state index contributed by atoms with van der Waals surface area (Å²) in [6.45, 7) is 0. The Bertz CT molecular complexity index is 368. The van der Waals surface area contributed by atoms with Gasteiger partial charge >= 0.3 is 5.97 Å². The molecule has 1 N–H and O–H groups in total. The van der Waals surface area contributed by atoms with Crippen LogP contribution in [0.5, 0.6) is 0 Å². The highest BCUT2D eigenvalue weighted by Crippen LogP contribution is 2.28. The molecule has 0 amide bonds. The molecular weight excluding hydrogens is 280 g/mol. The third-order valence-electron chi connectivity index (χ3n) is 1.92. The van der Waals surface area contributed by atoms with E-state index in [-0.39, 0.29) is 0 Å². The molecule has 0 spiro atoms. The first-order valence-electron chi connectivity index (χ1n) is 4.19. The number of methoxy groups -OCH3 is 1. The van der Waals surface area contributed by atoms with Crippen molar-refractivity contribution in [2.75, 3.05) is 13.4 Å². The third-order valence-corrected chi connectivity index (χ3v) is 3.63. The first kappa shape index (κ1) is 12.5. The van der Waals surface area contributed by atoms with Crippen LogP contribution in [0.2, 0.25) is 0 Å². The standard InChI is InChI=1S/C10H11BrO3S/c1-14-10(13)9(12)6-3-4-8(15-2)7(11)5-6/h3-5,9,12H,1-2H3. The van der Waals surface area contributed by atoms with E-state index in [0.29, 0.717) is 5.56 Å². The molecule has 0 saturated heterocycles. The van der Waals surface area contributed by atoms with Crippen LogP contribution < -0.4 is 0 Å². The van der Waals surface area contributed by atoms with Crippen LogP contribution in [0.1, 0.15) is 11.7 Å². The van der Waals surface area contributed by atoms with Crippen LogP contribution in [0, 0.1) is 0 Å². The lowest BCUT2D eigenvalue weighted by Crippen LogP contribution is -2.13. The first-order chi connectivity index (χ1) is 7.10. The fourth-order valence-electron chi connectivity index (χ4n) is 1.10. The summed E-state index contributed by atoms with van der Waals surface area (Å²) in [5.74, 6) is -0.654. The molecule has 0 aliphatic rings. The molecule has 15 heavy (non-hydrogen) atoms. The first-order valence-corrected chi connectivity index (χ1v) is 6.21. The fourth-order valence-corrected chi connectivity index (χ4v) is 2.44. The van der Waals surface area contributed by atoms with E-state index in [2.05, 4.69) is 20.7 Å². The normalized spacial score (nSPS) is 12.3. The van der Waals surface area contributed by atoms with Gasteiger partial charge in [-0.1, -0.05) is 6.07 Å². The molecule has 1 aromatic carbocycles. The number of esters is 1. The third kappa shape index (κ3) is 2.96. The Morgan fingerprint density at radius 1 is 1.60 bits per heavy atom. The molecule has 0 fully saturated rings. The van der Waals surface area contributed by atoms with Gasteiger partial charge in [-0.15, -0.1) is 11.8 Å². The molecule has 0 aliphatic carbocycles. The van der Waals surface area contributed by atoms with Gasteiger partial charge < -0.3 is 9.84 Å². The summed E-state index contributed by atoms with van der Waals surface area (Å²) in [4.78, 5) is 12.1. The highest BCUT2D eigenvalue weighted by atomic mass is 79.9. The molecular formula is C10H11BrO3S. The van der Waals surface area contributed by atoms with Gasteiger partial charge in [-0.3, -0.25) is 0 Å². The Balaban J connectivity index is 2.97. The van der Waals surface area contributed by atoms with Crippen molar-refractivity contribution in [3.63, 3.8) is 0 Å². The van der Waals surface area contributed by atoms with Crippen molar-refractivity contribution < 1.29 is 14.6 Å². The molecule has 82 valence electrons. The number of ether oxygens (including phenoxy) is 1. The molecule has 0 heterocycles. The van der Waals surface area contributed by atoms with Gasteiger partial charge in [0.2, 0.25) is 0 Å². The molecule has 5 heteroatoms. The summed E-state index contributed by atoms with van der Waals surface area (Å²) < 4.78 is 5.31. The van der Waals surface area contributed by atoms with Crippen molar-refractivity contribution in [2.24, 2.45) is 0 Å². The molecule has 1 unspecified atom stereocenters. The Kier molecular flexibility index (Phi) is 4.63. The van der Waals surface area contributed by atoms with E-state index in [1.165, 1.54) is 7.11 Å². The highest BCUT2D eigenvalue weighted by Gasteiger charge is 2.18. The lowest BCUT2D eigenvalue weighted by molar-refractivity contribution is -0.150. The predicted octanol–water partition coefficient (Wildman–Crippen LogP) is 2.38. The maximum absolute atomic E-state index is 11.1. The van der Waals surface area contributed by atoms with Crippen LogP contribution in [-0.2, 0) is 9.53 Å². The van der Waals surface area contributed by atoms with Gasteiger partial charge in [0.25, 0.3) is 0 Å². The van der Waals surface area contributed by atoms with Gasteiger partial charge in [0.1, 0.15) is 0 Å². The van der Waals surface area contributed by atoms with E-state index in [4.69, 9.17) is 0 Å². The zero-order valence-corrected chi connectivity index (χ0v) is 10.8. The Morgan fingerprint density at radius 3 is 2.73 bits per heavy atom. The second-order valence-corrected chi connectivity index (χ2v) is 4.52. The van der Waals surface area contributed by atoms with Gasteiger partial charge in [0.15, 0.2) is 6.10 Å². The molecule has 1 rings (SSSR count). The van der Waals surface area contributed by atoms with Gasteiger partial charge in [-0.05, 0) is 39.9 Å². The monoisotopic (exact) mass is 290 g/mol. The molecule has 0 saturated carbocycles. The minimum atomic E-state index is -1.22. The van der Waals surface area contributed by atoms with E-state index in [0.717, 1.165) is 9.37 Å². The SMILES string of the molecule is COC(=O)C(O)c1ccc(SC)c(Br)c1. The zero-order chi connectivity index (χ0) is 11.4. The Labute approximate surface area is 101 Å². The van der Waals surface area contributed by atoms with Crippen molar-refractivity contribution >= 4 is 33.7 Å². The highest BCUT2D eigenvalue weighted by molar-refractivity contribution is 9.10. The van der Waals surface area contributed by atoms with Crippen molar-refractivity contribution in [3.05, 3.63) is 28.2 Å². The number of carbonyl (C=O) groups excluding carboxylic acids is 1. The summed E-state index contributed by atoms with van der Waals surface area (Å²) in [6, 6.07) is 5.27. The van der Waals surface area contributed by atoms with E-state index >= 15 is 0 Å². The summed E-state index contributed by atoms with van der Waals surface area (Å²) in [6.07, 6.45) is 0.735. The number of halogens is 1. The number of aliphatic hydroxyl groups excluding tert-OH is 1. The van der Waals surface area contributed by atoms with Gasteiger partial charge in [0, 0.05) is 9.37 Å².